The van der Waals surface area contributed by atoms with E-state index in [4.69, 9.17) is 9.15 Å². The Morgan fingerprint density at radius 1 is 1.15 bits per heavy atom. The third-order valence-corrected chi connectivity index (χ3v) is 5.13. The Morgan fingerprint density at radius 2 is 1.85 bits per heavy atom. The largest absolute Gasteiger partial charge is 0.444 e. The number of hydrogen-bond donors (Lipinski definition) is 2. The summed E-state index contributed by atoms with van der Waals surface area (Å²) < 4.78 is 11.2. The smallest absolute Gasteiger partial charge is 0.214 e. The minimum absolute atomic E-state index is 0. The van der Waals surface area contributed by atoms with Crippen molar-refractivity contribution in [1.29, 1.82) is 0 Å². The average Bonchev–Trinajstić information content (AvgIpc) is 3.01. The fourth-order valence-corrected chi connectivity index (χ4v) is 3.37. The van der Waals surface area contributed by atoms with Gasteiger partial charge in [0.1, 0.15) is 5.76 Å². The van der Waals surface area contributed by atoms with E-state index in [1.807, 2.05) is 13.8 Å². The minimum atomic E-state index is 0. The predicted molar refractivity (Wildman–Crippen MR) is 118 cm³/mol. The number of rotatable bonds is 5. The van der Waals surface area contributed by atoms with Crippen LogP contribution in [0.5, 0.6) is 0 Å². The lowest BCUT2D eigenvalue weighted by molar-refractivity contribution is 0.0514. The zero-order valence-electron chi connectivity index (χ0n) is 16.2. The molecule has 0 amide bonds. The topological polar surface area (TPSA) is 71.7 Å². The van der Waals surface area contributed by atoms with Crippen LogP contribution < -0.4 is 10.6 Å². The number of aromatic nitrogens is 1. The molecule has 2 aromatic rings. The SMILES string of the molecule is CN=C(NCc1nc(C)c(C)o1)NCC1(c2ccccc2)CCOCC1.I. The summed E-state index contributed by atoms with van der Waals surface area (Å²) in [5.41, 5.74) is 2.34. The monoisotopic (exact) mass is 484 g/mol. The molecule has 0 bridgehead atoms. The van der Waals surface area contributed by atoms with Crippen molar-refractivity contribution in [3.8, 4) is 0 Å². The highest BCUT2D eigenvalue weighted by Crippen LogP contribution is 2.34. The Kier molecular flexibility index (Phi) is 8.09. The summed E-state index contributed by atoms with van der Waals surface area (Å²) >= 11 is 0. The van der Waals surface area contributed by atoms with Gasteiger partial charge in [-0.3, -0.25) is 4.99 Å². The van der Waals surface area contributed by atoms with E-state index in [2.05, 4.69) is 50.9 Å². The molecule has 1 aliphatic rings. The maximum atomic E-state index is 5.62. The molecule has 0 spiro atoms. The first-order valence-electron chi connectivity index (χ1n) is 9.14. The van der Waals surface area contributed by atoms with E-state index in [1.54, 1.807) is 7.05 Å². The molecule has 1 fully saturated rings. The van der Waals surface area contributed by atoms with Crippen molar-refractivity contribution < 1.29 is 9.15 Å². The molecule has 1 aromatic heterocycles. The number of hydrogen-bond acceptors (Lipinski definition) is 4. The molecule has 0 aliphatic carbocycles. The van der Waals surface area contributed by atoms with Crippen molar-refractivity contribution in [3.63, 3.8) is 0 Å². The van der Waals surface area contributed by atoms with Crippen molar-refractivity contribution >= 4 is 29.9 Å². The van der Waals surface area contributed by atoms with Gasteiger partial charge in [-0.15, -0.1) is 24.0 Å². The zero-order valence-corrected chi connectivity index (χ0v) is 18.6. The number of ether oxygens (including phenoxy) is 1. The van der Waals surface area contributed by atoms with Crippen LogP contribution >= 0.6 is 24.0 Å². The Morgan fingerprint density at radius 3 is 2.44 bits per heavy atom. The molecule has 0 unspecified atom stereocenters. The van der Waals surface area contributed by atoms with Crippen molar-refractivity contribution in [2.75, 3.05) is 26.8 Å². The van der Waals surface area contributed by atoms with Crippen LogP contribution in [-0.4, -0.2) is 37.7 Å². The lowest BCUT2D eigenvalue weighted by Gasteiger charge is -2.38. The zero-order chi connectivity index (χ0) is 18.4. The highest BCUT2D eigenvalue weighted by Gasteiger charge is 2.34. The van der Waals surface area contributed by atoms with Gasteiger partial charge in [0.15, 0.2) is 5.96 Å². The molecular weight excluding hydrogens is 455 g/mol. The normalized spacial score (nSPS) is 16.5. The molecule has 0 atom stereocenters. The summed E-state index contributed by atoms with van der Waals surface area (Å²) in [5.74, 6) is 2.28. The summed E-state index contributed by atoms with van der Waals surface area (Å²) in [7, 11) is 1.78. The molecule has 1 saturated heterocycles. The number of aryl methyl sites for hydroxylation is 2. The number of oxazole rings is 1. The Labute approximate surface area is 178 Å². The second-order valence-electron chi connectivity index (χ2n) is 6.79. The number of nitrogens with zero attached hydrogens (tertiary/aromatic N) is 2. The second kappa shape index (κ2) is 10.1. The Hall–Kier alpha value is -1.61. The highest BCUT2D eigenvalue weighted by molar-refractivity contribution is 14.0. The van der Waals surface area contributed by atoms with Gasteiger partial charge in [0.2, 0.25) is 5.89 Å². The molecule has 2 N–H and O–H groups in total. The van der Waals surface area contributed by atoms with E-state index in [9.17, 15) is 0 Å². The van der Waals surface area contributed by atoms with Crippen molar-refractivity contribution in [1.82, 2.24) is 15.6 Å². The number of aliphatic imine (C=N–C) groups is 1. The first-order chi connectivity index (χ1) is 12.6. The van der Waals surface area contributed by atoms with Crippen molar-refractivity contribution in [2.45, 2.75) is 38.6 Å². The van der Waals surface area contributed by atoms with Crippen LogP contribution in [0.25, 0.3) is 0 Å². The van der Waals surface area contributed by atoms with E-state index in [-0.39, 0.29) is 29.4 Å². The number of halogens is 1. The van der Waals surface area contributed by atoms with Gasteiger partial charge in [-0.05, 0) is 32.3 Å². The molecular formula is C20H29IN4O2. The van der Waals surface area contributed by atoms with Crippen molar-refractivity contribution in [2.24, 2.45) is 4.99 Å². The summed E-state index contributed by atoms with van der Waals surface area (Å²) in [5, 5.41) is 6.77. The maximum Gasteiger partial charge on any atom is 0.214 e. The van der Waals surface area contributed by atoms with E-state index in [0.717, 1.165) is 50.0 Å². The molecule has 3 rings (SSSR count). The van der Waals surface area contributed by atoms with Gasteiger partial charge in [0.05, 0.1) is 12.2 Å². The van der Waals surface area contributed by atoms with Crippen molar-refractivity contribution in [3.05, 3.63) is 53.2 Å². The van der Waals surface area contributed by atoms with E-state index in [0.29, 0.717) is 12.4 Å². The summed E-state index contributed by atoms with van der Waals surface area (Å²) in [4.78, 5) is 8.73. The number of nitrogens with one attached hydrogen (secondary N) is 2. The third-order valence-electron chi connectivity index (χ3n) is 5.13. The molecule has 0 radical (unpaired) electrons. The van der Waals surface area contributed by atoms with E-state index >= 15 is 0 Å². The maximum absolute atomic E-state index is 5.62. The van der Waals surface area contributed by atoms with Gasteiger partial charge >= 0.3 is 0 Å². The Balaban J connectivity index is 0.00000261. The van der Waals surface area contributed by atoms with Gasteiger partial charge in [-0.2, -0.15) is 0 Å². The Bertz CT molecular complexity index is 720. The molecule has 1 aromatic carbocycles. The standard InChI is InChI=1S/C20H28N4O2.HI/c1-15-16(2)26-18(24-15)13-22-19(21-3)23-14-20(9-11-25-12-10-20)17-7-5-4-6-8-17;/h4-8H,9-14H2,1-3H3,(H2,21,22,23);1H. The van der Waals surface area contributed by atoms with Gasteiger partial charge < -0.3 is 19.8 Å². The number of guanidine groups is 1. The molecule has 148 valence electrons. The quantitative estimate of drug-likeness (QED) is 0.387. The van der Waals surface area contributed by atoms with Gasteiger partial charge in [-0.1, -0.05) is 30.3 Å². The predicted octanol–water partition coefficient (Wildman–Crippen LogP) is 3.32. The molecule has 27 heavy (non-hydrogen) atoms. The van der Waals surface area contributed by atoms with E-state index < -0.39 is 0 Å². The summed E-state index contributed by atoms with van der Waals surface area (Å²) in [6, 6.07) is 10.7. The van der Waals surface area contributed by atoms with Gasteiger partial charge in [0.25, 0.3) is 0 Å². The fraction of sp³-hybridized carbons (Fsp3) is 0.500. The first kappa shape index (κ1) is 21.7. The van der Waals surface area contributed by atoms with Crippen LogP contribution in [0, 0.1) is 13.8 Å². The van der Waals surface area contributed by atoms with E-state index in [1.165, 1.54) is 5.56 Å². The van der Waals surface area contributed by atoms with Crippen LogP contribution in [0.2, 0.25) is 0 Å². The first-order valence-corrected chi connectivity index (χ1v) is 9.14. The van der Waals surface area contributed by atoms with Crippen LogP contribution in [0.15, 0.2) is 39.7 Å². The average molecular weight is 484 g/mol. The third kappa shape index (κ3) is 5.44. The lowest BCUT2D eigenvalue weighted by atomic mass is 9.74. The van der Waals surface area contributed by atoms with Gasteiger partial charge in [0, 0.05) is 32.2 Å². The van der Waals surface area contributed by atoms with Gasteiger partial charge in [-0.25, -0.2) is 4.98 Å². The van der Waals surface area contributed by atoms with Crippen LogP contribution in [0.1, 0.15) is 35.7 Å². The summed E-state index contributed by atoms with van der Waals surface area (Å²) in [6.07, 6.45) is 2.00. The fourth-order valence-electron chi connectivity index (χ4n) is 3.37. The second-order valence-corrected chi connectivity index (χ2v) is 6.79. The highest BCUT2D eigenvalue weighted by atomic mass is 127. The lowest BCUT2D eigenvalue weighted by Crippen LogP contribution is -2.47. The molecule has 0 saturated carbocycles. The number of benzene rings is 1. The minimum Gasteiger partial charge on any atom is -0.444 e. The van der Waals surface area contributed by atoms with Crippen LogP contribution in [0.4, 0.5) is 0 Å². The van der Waals surface area contributed by atoms with Crippen LogP contribution in [0.3, 0.4) is 0 Å². The van der Waals surface area contributed by atoms with Crippen LogP contribution in [-0.2, 0) is 16.7 Å². The summed E-state index contributed by atoms with van der Waals surface area (Å²) in [6.45, 7) is 6.77. The molecule has 7 heteroatoms. The molecule has 2 heterocycles. The molecule has 1 aliphatic heterocycles. The molecule has 6 nitrogen and oxygen atoms in total.